The van der Waals surface area contributed by atoms with Crippen LogP contribution in [0.25, 0.3) is 5.57 Å². The van der Waals surface area contributed by atoms with E-state index in [4.69, 9.17) is 5.73 Å². The van der Waals surface area contributed by atoms with Gasteiger partial charge in [-0.15, -0.1) is 0 Å². The summed E-state index contributed by atoms with van der Waals surface area (Å²) in [5, 5.41) is 0. The molecule has 0 bridgehead atoms. The van der Waals surface area contributed by atoms with Crippen LogP contribution in [0.1, 0.15) is 12.5 Å². The van der Waals surface area contributed by atoms with E-state index >= 15 is 0 Å². The first-order valence-corrected chi connectivity index (χ1v) is 6.73. The number of allylic oxidation sites excluding steroid dienone is 3. The SMILES string of the molecule is CC(N)C1=C(c2ccccc2)CN2C=C(F)C=CC2=C1. The van der Waals surface area contributed by atoms with Crippen LogP contribution in [0.2, 0.25) is 0 Å². The molecule has 3 rings (SSSR count). The number of hydrogen-bond donors (Lipinski definition) is 1. The van der Waals surface area contributed by atoms with Crippen LogP contribution in [0.3, 0.4) is 0 Å². The molecule has 2 N–H and O–H groups in total. The van der Waals surface area contributed by atoms with E-state index in [2.05, 4.69) is 18.2 Å². The van der Waals surface area contributed by atoms with Crippen molar-refractivity contribution in [3.05, 3.63) is 77.4 Å². The highest BCUT2D eigenvalue weighted by Crippen LogP contribution is 2.32. The molecule has 0 saturated heterocycles. The maximum absolute atomic E-state index is 13.4. The maximum Gasteiger partial charge on any atom is 0.139 e. The molecule has 1 atom stereocenters. The Morgan fingerprint density at radius 1 is 1.20 bits per heavy atom. The van der Waals surface area contributed by atoms with E-state index in [0.717, 1.165) is 22.4 Å². The van der Waals surface area contributed by atoms with Crippen LogP contribution in [-0.4, -0.2) is 17.5 Å². The smallest absolute Gasteiger partial charge is 0.139 e. The van der Waals surface area contributed by atoms with Crippen molar-refractivity contribution in [2.75, 3.05) is 6.54 Å². The minimum absolute atomic E-state index is 0.0518. The summed E-state index contributed by atoms with van der Waals surface area (Å²) in [6.07, 6.45) is 6.86. The minimum Gasteiger partial charge on any atom is -0.341 e. The molecular weight excluding hydrogens is 251 g/mol. The Morgan fingerprint density at radius 2 is 1.95 bits per heavy atom. The summed E-state index contributed by atoms with van der Waals surface area (Å²) < 4.78 is 13.4. The summed E-state index contributed by atoms with van der Waals surface area (Å²) in [4.78, 5) is 1.92. The van der Waals surface area contributed by atoms with Gasteiger partial charge in [0.2, 0.25) is 0 Å². The van der Waals surface area contributed by atoms with Crippen molar-refractivity contribution in [1.29, 1.82) is 0 Å². The van der Waals surface area contributed by atoms with Gasteiger partial charge in [0.1, 0.15) is 5.83 Å². The first-order chi connectivity index (χ1) is 9.65. The van der Waals surface area contributed by atoms with E-state index in [9.17, 15) is 4.39 Å². The predicted octanol–water partition coefficient (Wildman–Crippen LogP) is 3.37. The lowest BCUT2D eigenvalue weighted by molar-refractivity contribution is 0.495. The van der Waals surface area contributed by atoms with Crippen LogP contribution in [0.4, 0.5) is 4.39 Å². The quantitative estimate of drug-likeness (QED) is 0.891. The fourth-order valence-electron chi connectivity index (χ4n) is 2.61. The Balaban J connectivity index is 2.09. The van der Waals surface area contributed by atoms with E-state index in [1.54, 1.807) is 6.08 Å². The van der Waals surface area contributed by atoms with Crippen molar-refractivity contribution in [1.82, 2.24) is 4.90 Å². The molecule has 1 unspecified atom stereocenters. The number of halogens is 1. The van der Waals surface area contributed by atoms with Gasteiger partial charge in [-0.1, -0.05) is 30.3 Å². The molecule has 1 aromatic carbocycles. The predicted molar refractivity (Wildman–Crippen MR) is 80.1 cm³/mol. The van der Waals surface area contributed by atoms with Gasteiger partial charge in [0.25, 0.3) is 0 Å². The van der Waals surface area contributed by atoms with Gasteiger partial charge in [-0.05, 0) is 41.9 Å². The van der Waals surface area contributed by atoms with Gasteiger partial charge in [-0.3, -0.25) is 0 Å². The van der Waals surface area contributed by atoms with Crippen molar-refractivity contribution >= 4 is 5.57 Å². The molecule has 2 aliphatic heterocycles. The van der Waals surface area contributed by atoms with Gasteiger partial charge in [-0.25, -0.2) is 4.39 Å². The Kier molecular flexibility index (Phi) is 3.28. The summed E-state index contributed by atoms with van der Waals surface area (Å²) in [6, 6.07) is 10.1. The van der Waals surface area contributed by atoms with Gasteiger partial charge in [0.15, 0.2) is 0 Å². The van der Waals surface area contributed by atoms with Crippen molar-refractivity contribution < 1.29 is 4.39 Å². The molecule has 0 radical (unpaired) electrons. The van der Waals surface area contributed by atoms with Gasteiger partial charge >= 0.3 is 0 Å². The molecule has 0 aliphatic carbocycles. The molecule has 0 amide bonds. The van der Waals surface area contributed by atoms with E-state index < -0.39 is 0 Å². The summed E-state index contributed by atoms with van der Waals surface area (Å²) in [6.45, 7) is 2.62. The zero-order chi connectivity index (χ0) is 14.1. The Labute approximate surface area is 118 Å². The lowest BCUT2D eigenvalue weighted by Crippen LogP contribution is -2.29. The molecule has 2 aliphatic rings. The van der Waals surface area contributed by atoms with Crippen molar-refractivity contribution in [2.24, 2.45) is 5.73 Å². The zero-order valence-electron chi connectivity index (χ0n) is 11.4. The van der Waals surface area contributed by atoms with Crippen molar-refractivity contribution in [3.63, 3.8) is 0 Å². The van der Waals surface area contributed by atoms with Gasteiger partial charge in [-0.2, -0.15) is 0 Å². The lowest BCUT2D eigenvalue weighted by Gasteiger charge is -2.32. The molecule has 0 aromatic heterocycles. The molecule has 2 heterocycles. The van der Waals surface area contributed by atoms with E-state index in [1.165, 1.54) is 12.3 Å². The standard InChI is InChI=1S/C17H17FN2/c1-12(19)16-9-15-8-7-14(18)10-20(15)11-17(16)13-5-3-2-4-6-13/h2-10,12H,11,19H2,1H3. The third kappa shape index (κ3) is 2.32. The second-order valence-electron chi connectivity index (χ2n) is 5.13. The number of benzene rings is 1. The Hall–Kier alpha value is -2.13. The fourth-order valence-corrected chi connectivity index (χ4v) is 2.61. The highest BCUT2D eigenvalue weighted by atomic mass is 19.1. The second kappa shape index (κ2) is 5.10. The van der Waals surface area contributed by atoms with E-state index in [1.807, 2.05) is 30.0 Å². The third-order valence-electron chi connectivity index (χ3n) is 3.62. The minimum atomic E-state index is -0.223. The summed E-state index contributed by atoms with van der Waals surface area (Å²) in [5.41, 5.74) is 10.5. The number of nitrogens with two attached hydrogens (primary N) is 1. The normalized spacial score (nSPS) is 19.4. The fraction of sp³-hybridized carbons (Fsp3) is 0.176. The van der Waals surface area contributed by atoms with E-state index in [0.29, 0.717) is 6.54 Å². The molecule has 3 heteroatoms. The van der Waals surface area contributed by atoms with Crippen LogP contribution in [0.5, 0.6) is 0 Å². The van der Waals surface area contributed by atoms with Crippen molar-refractivity contribution in [2.45, 2.75) is 13.0 Å². The Morgan fingerprint density at radius 3 is 2.65 bits per heavy atom. The number of hydrogen-bond acceptors (Lipinski definition) is 2. The molecule has 102 valence electrons. The van der Waals surface area contributed by atoms with Gasteiger partial charge < -0.3 is 10.6 Å². The topological polar surface area (TPSA) is 29.3 Å². The largest absolute Gasteiger partial charge is 0.341 e. The molecule has 0 fully saturated rings. The Bertz CT molecular complexity index is 636. The van der Waals surface area contributed by atoms with Crippen LogP contribution in [-0.2, 0) is 0 Å². The van der Waals surface area contributed by atoms with Crippen LogP contribution >= 0.6 is 0 Å². The summed E-state index contributed by atoms with van der Waals surface area (Å²) in [7, 11) is 0. The molecule has 0 spiro atoms. The van der Waals surface area contributed by atoms with Gasteiger partial charge in [0, 0.05) is 24.5 Å². The monoisotopic (exact) mass is 268 g/mol. The third-order valence-corrected chi connectivity index (χ3v) is 3.62. The average molecular weight is 268 g/mol. The first kappa shape index (κ1) is 12.9. The molecule has 2 nitrogen and oxygen atoms in total. The molecule has 1 aromatic rings. The van der Waals surface area contributed by atoms with Crippen LogP contribution < -0.4 is 5.73 Å². The number of rotatable bonds is 2. The van der Waals surface area contributed by atoms with Gasteiger partial charge in [0.05, 0.1) is 0 Å². The zero-order valence-corrected chi connectivity index (χ0v) is 11.4. The highest BCUT2D eigenvalue weighted by molar-refractivity contribution is 5.75. The first-order valence-electron chi connectivity index (χ1n) is 6.73. The summed E-state index contributed by atoms with van der Waals surface area (Å²) >= 11 is 0. The summed E-state index contributed by atoms with van der Waals surface area (Å²) in [5.74, 6) is -0.223. The number of fused-ring (bicyclic) bond motifs is 1. The lowest BCUT2D eigenvalue weighted by atomic mass is 9.91. The number of nitrogens with zero attached hydrogens (tertiary/aromatic N) is 1. The van der Waals surface area contributed by atoms with Crippen molar-refractivity contribution in [3.8, 4) is 0 Å². The second-order valence-corrected chi connectivity index (χ2v) is 5.13. The average Bonchev–Trinajstić information content (AvgIpc) is 2.46. The maximum atomic E-state index is 13.4. The highest BCUT2D eigenvalue weighted by Gasteiger charge is 2.22. The molecular formula is C17H17FN2. The molecule has 20 heavy (non-hydrogen) atoms. The van der Waals surface area contributed by atoms with Crippen LogP contribution in [0, 0.1) is 0 Å². The van der Waals surface area contributed by atoms with Crippen LogP contribution in [0.15, 0.2) is 71.9 Å². The molecule has 0 saturated carbocycles. The van der Waals surface area contributed by atoms with E-state index in [-0.39, 0.29) is 11.9 Å².